The van der Waals surface area contributed by atoms with Gasteiger partial charge in [0.1, 0.15) is 6.29 Å². The first-order valence-electron chi connectivity index (χ1n) is 5.54. The van der Waals surface area contributed by atoms with Gasteiger partial charge in [0.05, 0.1) is 0 Å². The summed E-state index contributed by atoms with van der Waals surface area (Å²) in [6.45, 7) is 6.25. The highest BCUT2D eigenvalue weighted by molar-refractivity contribution is 5.72. The third-order valence-corrected chi connectivity index (χ3v) is 2.38. The molecule has 0 aromatic rings. The number of rotatable bonds is 7. The lowest BCUT2D eigenvalue weighted by Gasteiger charge is -2.07. The third kappa shape index (κ3) is 6.64. The minimum absolute atomic E-state index is 0.672. The number of carbonyl (C=O) groups is 1. The first kappa shape index (κ1) is 13.2. The molecule has 0 saturated carbocycles. The maximum Gasteiger partial charge on any atom is 0.145 e. The molecule has 1 atom stereocenters. The van der Waals surface area contributed by atoms with Crippen molar-refractivity contribution in [3.8, 4) is 0 Å². The summed E-state index contributed by atoms with van der Waals surface area (Å²) in [5.74, 6) is 0.672. The van der Waals surface area contributed by atoms with E-state index in [4.69, 9.17) is 0 Å². The minimum Gasteiger partial charge on any atom is -0.298 e. The van der Waals surface area contributed by atoms with Crippen molar-refractivity contribution in [2.24, 2.45) is 5.92 Å². The summed E-state index contributed by atoms with van der Waals surface area (Å²) in [6, 6.07) is 0. The quantitative estimate of drug-likeness (QED) is 0.341. The smallest absolute Gasteiger partial charge is 0.145 e. The van der Waals surface area contributed by atoms with Crippen LogP contribution in [0.1, 0.15) is 46.5 Å². The topological polar surface area (TPSA) is 17.1 Å². The van der Waals surface area contributed by atoms with Crippen LogP contribution in [0.5, 0.6) is 0 Å². The van der Waals surface area contributed by atoms with E-state index >= 15 is 0 Å². The second-order valence-electron chi connectivity index (χ2n) is 3.72. The van der Waals surface area contributed by atoms with E-state index in [2.05, 4.69) is 19.9 Å². The lowest BCUT2D eigenvalue weighted by Crippen LogP contribution is -1.93. The number of unbranched alkanes of at least 4 members (excludes halogenated alkanes) is 1. The molecule has 1 unspecified atom stereocenters. The van der Waals surface area contributed by atoms with Crippen molar-refractivity contribution in [1.82, 2.24) is 0 Å². The van der Waals surface area contributed by atoms with E-state index in [0.29, 0.717) is 5.92 Å². The van der Waals surface area contributed by atoms with Crippen molar-refractivity contribution in [2.75, 3.05) is 0 Å². The van der Waals surface area contributed by atoms with Crippen LogP contribution in [-0.2, 0) is 4.79 Å². The van der Waals surface area contributed by atoms with Crippen LogP contribution >= 0.6 is 0 Å². The van der Waals surface area contributed by atoms with Gasteiger partial charge < -0.3 is 0 Å². The van der Waals surface area contributed by atoms with E-state index in [1.807, 2.05) is 19.1 Å². The Bertz CT molecular complexity index is 201. The van der Waals surface area contributed by atoms with Crippen LogP contribution in [0, 0.1) is 5.92 Å². The Morgan fingerprint density at radius 3 is 2.57 bits per heavy atom. The molecular weight excluding hydrogens is 172 g/mol. The molecule has 0 N–H and O–H groups in total. The summed E-state index contributed by atoms with van der Waals surface area (Å²) in [4.78, 5) is 10.3. The van der Waals surface area contributed by atoms with Gasteiger partial charge in [-0.2, -0.15) is 0 Å². The summed E-state index contributed by atoms with van der Waals surface area (Å²) in [5, 5.41) is 0. The van der Waals surface area contributed by atoms with Crippen LogP contribution in [-0.4, -0.2) is 6.29 Å². The molecule has 0 aliphatic heterocycles. The summed E-state index contributed by atoms with van der Waals surface area (Å²) in [7, 11) is 0. The van der Waals surface area contributed by atoms with Gasteiger partial charge in [0.15, 0.2) is 0 Å². The lowest BCUT2D eigenvalue weighted by atomic mass is 9.99. The average molecular weight is 194 g/mol. The lowest BCUT2D eigenvalue weighted by molar-refractivity contribution is -0.104. The van der Waals surface area contributed by atoms with Crippen LogP contribution in [0.25, 0.3) is 0 Å². The molecule has 80 valence electrons. The number of carbonyl (C=O) groups excluding carboxylic acids is 1. The predicted molar refractivity (Wildman–Crippen MR) is 62.3 cm³/mol. The van der Waals surface area contributed by atoms with Gasteiger partial charge in [-0.1, -0.05) is 44.9 Å². The Morgan fingerprint density at radius 2 is 2.07 bits per heavy atom. The fraction of sp³-hybridized carbons (Fsp3) is 0.615. The van der Waals surface area contributed by atoms with Gasteiger partial charge in [-0.15, -0.1) is 0 Å². The van der Waals surface area contributed by atoms with Crippen LogP contribution in [0.15, 0.2) is 23.8 Å². The van der Waals surface area contributed by atoms with E-state index in [-0.39, 0.29) is 0 Å². The van der Waals surface area contributed by atoms with E-state index in [1.165, 1.54) is 25.7 Å². The highest BCUT2D eigenvalue weighted by Crippen LogP contribution is 2.13. The number of aldehydes is 1. The van der Waals surface area contributed by atoms with Crippen LogP contribution in [0.3, 0.4) is 0 Å². The largest absolute Gasteiger partial charge is 0.298 e. The zero-order valence-corrected chi connectivity index (χ0v) is 9.62. The Hall–Kier alpha value is -0.850. The second-order valence-corrected chi connectivity index (χ2v) is 3.72. The average Bonchev–Trinajstić information content (AvgIpc) is 2.22. The molecule has 14 heavy (non-hydrogen) atoms. The van der Waals surface area contributed by atoms with Crippen LogP contribution in [0.2, 0.25) is 0 Å². The molecule has 1 heteroatoms. The number of hydrogen-bond acceptors (Lipinski definition) is 1. The normalized spacial score (nSPS) is 14.6. The van der Waals surface area contributed by atoms with Gasteiger partial charge in [-0.05, 0) is 31.3 Å². The van der Waals surface area contributed by atoms with E-state index in [9.17, 15) is 4.79 Å². The molecule has 0 fully saturated rings. The van der Waals surface area contributed by atoms with Gasteiger partial charge in [-0.25, -0.2) is 0 Å². The fourth-order valence-corrected chi connectivity index (χ4v) is 1.31. The summed E-state index contributed by atoms with van der Waals surface area (Å²) in [5.41, 5.74) is 0.784. The third-order valence-electron chi connectivity index (χ3n) is 2.38. The van der Waals surface area contributed by atoms with Crippen molar-refractivity contribution in [3.05, 3.63) is 23.8 Å². The Morgan fingerprint density at radius 1 is 1.36 bits per heavy atom. The van der Waals surface area contributed by atoms with Gasteiger partial charge in [0.2, 0.25) is 0 Å². The molecule has 0 saturated heterocycles. The second kappa shape index (κ2) is 8.74. The van der Waals surface area contributed by atoms with E-state index in [0.717, 1.165) is 11.9 Å². The Balaban J connectivity index is 3.97. The highest BCUT2D eigenvalue weighted by Gasteiger charge is 1.99. The van der Waals surface area contributed by atoms with Crippen LogP contribution < -0.4 is 0 Å². The van der Waals surface area contributed by atoms with Gasteiger partial charge >= 0.3 is 0 Å². The standard InChI is InChI=1S/C13H22O/c1-4-6-9-13(5-2)10-7-8-12(3)11-14/h7-8,10-11,13H,4-6,9H2,1-3H3. The molecule has 0 rings (SSSR count). The fourth-order valence-electron chi connectivity index (χ4n) is 1.31. The minimum atomic E-state index is 0.672. The first-order chi connectivity index (χ1) is 6.74. The van der Waals surface area contributed by atoms with Gasteiger partial charge in [0.25, 0.3) is 0 Å². The molecule has 1 nitrogen and oxygen atoms in total. The van der Waals surface area contributed by atoms with Gasteiger partial charge in [0, 0.05) is 0 Å². The highest BCUT2D eigenvalue weighted by atomic mass is 16.1. The Kier molecular flexibility index (Phi) is 8.20. The monoisotopic (exact) mass is 194 g/mol. The maximum atomic E-state index is 10.3. The van der Waals surface area contributed by atoms with Crippen molar-refractivity contribution in [2.45, 2.75) is 46.5 Å². The molecule has 0 spiro atoms. The Labute approximate surface area is 87.9 Å². The van der Waals surface area contributed by atoms with Crippen molar-refractivity contribution >= 4 is 6.29 Å². The van der Waals surface area contributed by atoms with Crippen molar-refractivity contribution in [3.63, 3.8) is 0 Å². The molecular formula is C13H22O. The molecule has 0 aromatic heterocycles. The number of allylic oxidation sites excluding steroid dienone is 4. The van der Waals surface area contributed by atoms with E-state index < -0.39 is 0 Å². The van der Waals surface area contributed by atoms with E-state index in [1.54, 1.807) is 0 Å². The van der Waals surface area contributed by atoms with Crippen molar-refractivity contribution < 1.29 is 4.79 Å². The molecule has 0 radical (unpaired) electrons. The molecule has 0 aliphatic rings. The predicted octanol–water partition coefficient (Wildman–Crippen LogP) is 3.90. The maximum absolute atomic E-state index is 10.3. The van der Waals surface area contributed by atoms with Gasteiger partial charge in [-0.3, -0.25) is 4.79 Å². The number of hydrogen-bond donors (Lipinski definition) is 0. The molecule has 0 aliphatic carbocycles. The summed E-state index contributed by atoms with van der Waals surface area (Å²) >= 11 is 0. The zero-order chi connectivity index (χ0) is 10.8. The molecule has 0 bridgehead atoms. The zero-order valence-electron chi connectivity index (χ0n) is 9.62. The van der Waals surface area contributed by atoms with Crippen molar-refractivity contribution in [1.29, 1.82) is 0 Å². The molecule has 0 heterocycles. The first-order valence-corrected chi connectivity index (χ1v) is 5.54. The summed E-state index contributed by atoms with van der Waals surface area (Å²) in [6.07, 6.45) is 12.0. The van der Waals surface area contributed by atoms with Crippen LogP contribution in [0.4, 0.5) is 0 Å². The molecule has 0 aromatic carbocycles. The molecule has 0 amide bonds. The summed E-state index contributed by atoms with van der Waals surface area (Å²) < 4.78 is 0. The SMILES string of the molecule is CCCCC(C=CC=C(C)C=O)CC.